The third kappa shape index (κ3) is 11.7. The van der Waals surface area contributed by atoms with Crippen molar-refractivity contribution in [3.63, 3.8) is 0 Å². The van der Waals surface area contributed by atoms with E-state index in [0.29, 0.717) is 0 Å². The maximum absolute atomic E-state index is 11.8. The average Bonchev–Trinajstić information content (AvgIpc) is 2.90. The van der Waals surface area contributed by atoms with Crippen LogP contribution in [0.3, 0.4) is 0 Å². The summed E-state index contributed by atoms with van der Waals surface area (Å²) in [5.41, 5.74) is 0. The predicted octanol–water partition coefficient (Wildman–Crippen LogP) is -1.38. The Balaban J connectivity index is 0.000000562. The maximum Gasteiger partial charge on any atom is 0.305 e. The average molecular weight is 655 g/mol. The van der Waals surface area contributed by atoms with Gasteiger partial charge in [-0.25, -0.2) is 0 Å². The number of aliphatic hydroxyl groups excluding tert-OH is 5. The molecule has 2 aliphatic rings. The maximum atomic E-state index is 11.8. The normalized spacial score (nSPS) is 32.8. The van der Waals surface area contributed by atoms with E-state index in [9.17, 15) is 54.6 Å². The molecular weight excluding hydrogens is 608 g/mol. The highest BCUT2D eigenvalue weighted by Gasteiger charge is 2.55. The van der Waals surface area contributed by atoms with Crippen molar-refractivity contribution in [1.82, 2.24) is 0 Å². The number of carboxylic acid groups (broad SMARTS) is 1. The number of ether oxygens (including phenoxy) is 6. The molecular formula is C28H46O17. The first-order chi connectivity index (χ1) is 20.7. The summed E-state index contributed by atoms with van der Waals surface area (Å²) in [5, 5.41) is 56.4. The van der Waals surface area contributed by atoms with E-state index in [1.807, 2.05) is 0 Å². The fourth-order valence-electron chi connectivity index (χ4n) is 4.90. The van der Waals surface area contributed by atoms with Gasteiger partial charge in [0.2, 0.25) is 6.29 Å². The molecule has 2 fully saturated rings. The highest BCUT2D eigenvalue weighted by Crippen LogP contribution is 2.37. The number of carboxylic acids is 1. The van der Waals surface area contributed by atoms with Crippen LogP contribution in [0.1, 0.15) is 61.8 Å². The summed E-state index contributed by atoms with van der Waals surface area (Å²) in [6, 6.07) is 0. The molecule has 260 valence electrons. The topological polar surface area (TPSA) is 262 Å². The monoisotopic (exact) mass is 654 g/mol. The zero-order chi connectivity index (χ0) is 34.9. The highest BCUT2D eigenvalue weighted by atomic mass is 16.7. The lowest BCUT2D eigenvalue weighted by molar-refractivity contribution is -0.300. The molecule has 0 aromatic carbocycles. The molecule has 2 heterocycles. The summed E-state index contributed by atoms with van der Waals surface area (Å²) < 4.78 is 31.6. The molecule has 17 heteroatoms. The minimum absolute atomic E-state index is 0.195. The van der Waals surface area contributed by atoms with Crippen LogP contribution in [0.25, 0.3) is 0 Å². The Hall–Kier alpha value is -2.93. The van der Waals surface area contributed by atoms with Crippen molar-refractivity contribution in [3.8, 4) is 0 Å². The van der Waals surface area contributed by atoms with Crippen LogP contribution in [0, 0.1) is 17.8 Å². The van der Waals surface area contributed by atoms with Crippen LogP contribution < -0.4 is 0 Å². The van der Waals surface area contributed by atoms with E-state index >= 15 is 0 Å². The van der Waals surface area contributed by atoms with Gasteiger partial charge < -0.3 is 59.1 Å². The van der Waals surface area contributed by atoms with Crippen LogP contribution >= 0.6 is 0 Å². The van der Waals surface area contributed by atoms with Gasteiger partial charge >= 0.3 is 29.8 Å². The molecule has 2 unspecified atom stereocenters. The number of carbonyl (C=O) groups excluding carboxylic acids is 4. The molecule has 0 bridgehead atoms. The van der Waals surface area contributed by atoms with Crippen LogP contribution in [-0.4, -0.2) is 128 Å². The van der Waals surface area contributed by atoms with Crippen molar-refractivity contribution in [3.05, 3.63) is 0 Å². The minimum atomic E-state index is -1.60. The molecule has 45 heavy (non-hydrogen) atoms. The number of rotatable bonds is 10. The number of hydrogen-bond acceptors (Lipinski definition) is 16. The molecule has 17 nitrogen and oxygen atoms in total. The van der Waals surface area contributed by atoms with E-state index in [1.165, 1.54) is 6.92 Å². The lowest BCUT2D eigenvalue weighted by Gasteiger charge is -2.46. The van der Waals surface area contributed by atoms with Crippen molar-refractivity contribution in [2.24, 2.45) is 17.8 Å². The van der Waals surface area contributed by atoms with Crippen LogP contribution in [0.2, 0.25) is 0 Å². The predicted molar refractivity (Wildman–Crippen MR) is 147 cm³/mol. The summed E-state index contributed by atoms with van der Waals surface area (Å²) in [7, 11) is 0. The van der Waals surface area contributed by atoms with Gasteiger partial charge in [0.1, 0.15) is 42.7 Å². The second-order valence-corrected chi connectivity index (χ2v) is 11.5. The van der Waals surface area contributed by atoms with E-state index in [2.05, 4.69) is 0 Å². The molecule has 0 spiro atoms. The van der Waals surface area contributed by atoms with Gasteiger partial charge in [-0.2, -0.15) is 0 Å². The Labute approximate surface area is 260 Å². The Bertz CT molecular complexity index is 1020. The highest BCUT2D eigenvalue weighted by molar-refractivity contribution is 5.70. The fraction of sp³-hybridized carbons (Fsp3) is 0.821. The largest absolute Gasteiger partial charge is 0.481 e. The Kier molecular flexibility index (Phi) is 15.8. The SMILES string of the molecule is CC(=O)OC1O[C@H]([C@@H](OC(C)=O)C(C)C)[C@H](OC(C)=O)[C@H](CC(=O)O)[C@@H]1OC(C)=O.CC(C)[C@H](O)[C@H]1OC(O)[C@@H](O)[C@@H](O)[C@@H]1O. The van der Waals surface area contributed by atoms with Gasteiger partial charge in [0, 0.05) is 27.7 Å². The third-order valence-corrected chi connectivity index (χ3v) is 6.95. The lowest BCUT2D eigenvalue weighted by Crippen LogP contribution is -2.62. The fourth-order valence-corrected chi connectivity index (χ4v) is 4.90. The summed E-state index contributed by atoms with van der Waals surface area (Å²) in [6.07, 6.45) is -15.1. The molecule has 2 saturated heterocycles. The number of aliphatic hydroxyl groups is 5. The first-order valence-corrected chi connectivity index (χ1v) is 14.3. The van der Waals surface area contributed by atoms with Crippen molar-refractivity contribution >= 4 is 29.8 Å². The van der Waals surface area contributed by atoms with Crippen LogP contribution in [0.5, 0.6) is 0 Å². The van der Waals surface area contributed by atoms with Gasteiger partial charge in [0.05, 0.1) is 18.4 Å². The van der Waals surface area contributed by atoms with E-state index in [0.717, 1.165) is 20.8 Å². The molecule has 0 aliphatic carbocycles. The quantitative estimate of drug-likeness (QED) is 0.117. The summed E-state index contributed by atoms with van der Waals surface area (Å²) in [6.45, 7) is 11.3. The molecule has 0 amide bonds. The molecule has 0 aromatic heterocycles. The van der Waals surface area contributed by atoms with Gasteiger partial charge in [-0.3, -0.25) is 24.0 Å². The van der Waals surface area contributed by atoms with Crippen LogP contribution in [0.15, 0.2) is 0 Å². The van der Waals surface area contributed by atoms with Gasteiger partial charge in [-0.1, -0.05) is 27.7 Å². The molecule has 0 saturated carbocycles. The van der Waals surface area contributed by atoms with Crippen molar-refractivity contribution in [2.75, 3.05) is 0 Å². The first-order valence-electron chi connectivity index (χ1n) is 14.3. The molecule has 0 radical (unpaired) electrons. The summed E-state index contributed by atoms with van der Waals surface area (Å²) in [5.74, 6) is -5.90. The number of carbonyl (C=O) groups is 5. The third-order valence-electron chi connectivity index (χ3n) is 6.95. The van der Waals surface area contributed by atoms with Crippen molar-refractivity contribution in [1.29, 1.82) is 0 Å². The second kappa shape index (κ2) is 17.7. The standard InChI is InChI=1S/C19H28O11.C9H18O6/c1-8(2)15(26-9(3)20)18-16(27-10(4)21)13(7-14(24)25)17(28-11(5)22)19(30-18)29-12(6)23;1-3(2)4(10)8-6(12)5(11)7(13)9(14)15-8/h8,13,15-19H,7H2,1-6H3,(H,24,25);3-14H,1-2H3/t13-,15-,16+,17-,18+,19?;4-,5-,6-,7-,8+,9?/m00/s1. The summed E-state index contributed by atoms with van der Waals surface area (Å²) in [4.78, 5) is 58.1. The Morgan fingerprint density at radius 1 is 0.667 bits per heavy atom. The number of aliphatic carboxylic acids is 1. The lowest BCUT2D eigenvalue weighted by atomic mass is 9.82. The second-order valence-electron chi connectivity index (χ2n) is 11.5. The smallest absolute Gasteiger partial charge is 0.305 e. The first kappa shape index (κ1) is 40.1. The zero-order valence-electron chi connectivity index (χ0n) is 26.5. The van der Waals surface area contributed by atoms with E-state index in [1.54, 1.807) is 27.7 Å². The zero-order valence-corrected chi connectivity index (χ0v) is 26.5. The molecule has 0 aromatic rings. The Morgan fingerprint density at radius 2 is 1.18 bits per heavy atom. The Morgan fingerprint density at radius 3 is 1.60 bits per heavy atom. The molecule has 2 rings (SSSR count). The van der Waals surface area contributed by atoms with Crippen LogP contribution in [0.4, 0.5) is 0 Å². The van der Waals surface area contributed by atoms with Crippen LogP contribution in [-0.2, 0) is 52.4 Å². The number of esters is 4. The van der Waals surface area contributed by atoms with Gasteiger partial charge in [-0.05, 0) is 11.8 Å². The van der Waals surface area contributed by atoms with Crippen molar-refractivity contribution < 1.29 is 83.0 Å². The molecule has 6 N–H and O–H groups in total. The van der Waals surface area contributed by atoms with Gasteiger partial charge in [-0.15, -0.1) is 0 Å². The van der Waals surface area contributed by atoms with Crippen molar-refractivity contribution in [2.45, 2.75) is 129 Å². The van der Waals surface area contributed by atoms with E-state index < -0.39 is 110 Å². The van der Waals surface area contributed by atoms with E-state index in [-0.39, 0.29) is 11.8 Å². The molecule has 12 atom stereocenters. The van der Waals surface area contributed by atoms with Gasteiger partial charge in [0.25, 0.3) is 0 Å². The summed E-state index contributed by atoms with van der Waals surface area (Å²) >= 11 is 0. The minimum Gasteiger partial charge on any atom is -0.481 e. The number of hydrogen-bond donors (Lipinski definition) is 6. The van der Waals surface area contributed by atoms with Gasteiger partial charge in [0.15, 0.2) is 12.4 Å². The van der Waals surface area contributed by atoms with E-state index in [4.69, 9.17) is 28.4 Å². The molecule has 2 aliphatic heterocycles.